The molecule has 0 bridgehead atoms. The molecule has 1 heterocycles. The van der Waals surface area contributed by atoms with Gasteiger partial charge in [-0.25, -0.2) is 0 Å². The number of rotatable bonds is 16. The molecule has 0 spiro atoms. The Morgan fingerprint density at radius 3 is 2.08 bits per heavy atom. The molecule has 26 heavy (non-hydrogen) atoms. The number of hydrogen-bond acceptors (Lipinski definition) is 9. The molecule has 148 valence electrons. The van der Waals surface area contributed by atoms with Crippen molar-refractivity contribution in [3.63, 3.8) is 0 Å². The van der Waals surface area contributed by atoms with Gasteiger partial charge in [-0.1, -0.05) is 19.9 Å². The van der Waals surface area contributed by atoms with Crippen LogP contribution in [0.1, 0.15) is 20.3 Å². The largest absolute Gasteiger partial charge is 0.378 e. The van der Waals surface area contributed by atoms with Crippen LogP contribution < -0.4 is 21.7 Å². The minimum Gasteiger partial charge on any atom is -0.378 e. The summed E-state index contributed by atoms with van der Waals surface area (Å²) in [6.45, 7) is 12.7. The Bertz CT molecular complexity index is 500. The number of nitrogens with one attached hydrogen (secondary N) is 3. The number of anilines is 3. The summed E-state index contributed by atoms with van der Waals surface area (Å²) in [5.41, 5.74) is 5.34. The summed E-state index contributed by atoms with van der Waals surface area (Å²) in [4.78, 5) is 13.1. The van der Waals surface area contributed by atoms with E-state index < -0.39 is 0 Å². The third-order valence-corrected chi connectivity index (χ3v) is 3.21. The van der Waals surface area contributed by atoms with E-state index >= 15 is 0 Å². The van der Waals surface area contributed by atoms with E-state index in [-0.39, 0.29) is 0 Å². The van der Waals surface area contributed by atoms with Gasteiger partial charge in [-0.2, -0.15) is 15.0 Å². The van der Waals surface area contributed by atoms with Crippen LogP contribution >= 0.6 is 0 Å². The summed E-state index contributed by atoms with van der Waals surface area (Å²) < 4.78 is 10.7. The van der Waals surface area contributed by atoms with Crippen LogP contribution in [-0.2, 0) is 9.47 Å². The zero-order valence-corrected chi connectivity index (χ0v) is 16.0. The van der Waals surface area contributed by atoms with E-state index in [9.17, 15) is 0 Å². The Morgan fingerprint density at radius 1 is 0.923 bits per heavy atom. The van der Waals surface area contributed by atoms with Gasteiger partial charge >= 0.3 is 0 Å². The van der Waals surface area contributed by atoms with Crippen molar-refractivity contribution in [2.45, 2.75) is 20.3 Å². The number of ether oxygens (including phenoxy) is 2. The molecule has 0 saturated heterocycles. The van der Waals surface area contributed by atoms with Gasteiger partial charge in [0.25, 0.3) is 0 Å². The van der Waals surface area contributed by atoms with Gasteiger partial charge in [0.2, 0.25) is 17.8 Å². The number of nitrogens with two attached hydrogens (primary N) is 1. The van der Waals surface area contributed by atoms with Crippen molar-refractivity contribution < 1.29 is 9.47 Å². The second-order valence-corrected chi connectivity index (χ2v) is 6.03. The molecule has 0 aliphatic heterocycles. The first-order valence-electron chi connectivity index (χ1n) is 9.09. The Kier molecular flexibility index (Phi) is 12.1. The Morgan fingerprint density at radius 2 is 1.50 bits per heavy atom. The van der Waals surface area contributed by atoms with Crippen LogP contribution in [-0.4, -0.2) is 67.6 Å². The van der Waals surface area contributed by atoms with Crippen molar-refractivity contribution in [3.05, 3.63) is 12.7 Å². The number of hydrogen-bond donors (Lipinski definition) is 4. The predicted molar refractivity (Wildman–Crippen MR) is 106 cm³/mol. The fourth-order valence-electron chi connectivity index (χ4n) is 1.89. The summed E-state index contributed by atoms with van der Waals surface area (Å²) in [6.07, 6.45) is 2.80. The molecule has 0 saturated carbocycles. The highest BCUT2D eigenvalue weighted by molar-refractivity contribution is 5.42. The molecule has 9 heteroatoms. The molecule has 1 aromatic rings. The maximum atomic E-state index is 5.47. The summed E-state index contributed by atoms with van der Waals surface area (Å²) in [5.74, 6) is 2.17. The van der Waals surface area contributed by atoms with Crippen LogP contribution in [0.15, 0.2) is 12.7 Å². The lowest BCUT2D eigenvalue weighted by Crippen LogP contribution is -2.17. The first kappa shape index (κ1) is 22.1. The molecule has 0 unspecified atom stereocenters. The van der Waals surface area contributed by atoms with Crippen LogP contribution in [0.25, 0.3) is 0 Å². The molecule has 0 radical (unpaired) electrons. The van der Waals surface area contributed by atoms with E-state index in [1.165, 1.54) is 0 Å². The predicted octanol–water partition coefficient (Wildman–Crippen LogP) is 1.33. The summed E-state index contributed by atoms with van der Waals surface area (Å²) >= 11 is 0. The highest BCUT2D eigenvalue weighted by Crippen LogP contribution is 2.10. The molecule has 0 amide bonds. The van der Waals surface area contributed by atoms with Gasteiger partial charge in [0.15, 0.2) is 0 Å². The zero-order valence-electron chi connectivity index (χ0n) is 16.0. The molecule has 5 N–H and O–H groups in total. The van der Waals surface area contributed by atoms with Gasteiger partial charge in [0.1, 0.15) is 0 Å². The fourth-order valence-corrected chi connectivity index (χ4v) is 1.89. The maximum absolute atomic E-state index is 5.47. The minimum absolute atomic E-state index is 0.501. The maximum Gasteiger partial charge on any atom is 0.229 e. The van der Waals surface area contributed by atoms with Gasteiger partial charge in [0.05, 0.1) is 26.4 Å². The molecule has 0 fully saturated rings. The molecule has 0 atom stereocenters. The fraction of sp³-hybridized carbons (Fsp3) is 0.706. The number of nitrogens with zero attached hydrogens (tertiary/aromatic N) is 3. The summed E-state index contributed by atoms with van der Waals surface area (Å²) in [5, 5.41) is 9.47. The van der Waals surface area contributed by atoms with E-state index in [1.54, 1.807) is 6.08 Å². The SMILES string of the molecule is C=CCNc1nc(NCCOCCOCCN)nc(NCCC(C)C)n1. The average molecular weight is 367 g/mol. The first-order chi connectivity index (χ1) is 12.7. The Labute approximate surface area is 156 Å². The molecule has 0 aromatic carbocycles. The van der Waals surface area contributed by atoms with Crippen molar-refractivity contribution in [1.29, 1.82) is 0 Å². The third-order valence-electron chi connectivity index (χ3n) is 3.21. The minimum atomic E-state index is 0.501. The van der Waals surface area contributed by atoms with Gasteiger partial charge in [-0.05, 0) is 12.3 Å². The normalized spacial score (nSPS) is 10.8. The lowest BCUT2D eigenvalue weighted by atomic mass is 10.1. The first-order valence-corrected chi connectivity index (χ1v) is 9.09. The summed E-state index contributed by atoms with van der Waals surface area (Å²) in [6, 6.07) is 0. The van der Waals surface area contributed by atoms with Gasteiger partial charge < -0.3 is 31.2 Å². The van der Waals surface area contributed by atoms with Gasteiger partial charge in [-0.3, -0.25) is 0 Å². The molecule has 0 aliphatic carbocycles. The second kappa shape index (κ2) is 14.2. The topological polar surface area (TPSA) is 119 Å². The summed E-state index contributed by atoms with van der Waals surface area (Å²) in [7, 11) is 0. The van der Waals surface area contributed by atoms with Crippen LogP contribution in [0.3, 0.4) is 0 Å². The molecule has 9 nitrogen and oxygen atoms in total. The Hall–Kier alpha value is -1.97. The monoisotopic (exact) mass is 367 g/mol. The van der Waals surface area contributed by atoms with Crippen molar-refractivity contribution in [3.8, 4) is 0 Å². The molecule has 0 aliphatic rings. The van der Waals surface area contributed by atoms with E-state index in [1.807, 2.05) is 0 Å². The van der Waals surface area contributed by atoms with E-state index in [2.05, 4.69) is 51.3 Å². The lowest BCUT2D eigenvalue weighted by molar-refractivity contribution is 0.0547. The van der Waals surface area contributed by atoms with E-state index in [4.69, 9.17) is 15.2 Å². The standard InChI is InChI=1S/C17H33N7O2/c1-4-7-19-15-22-16(20-8-5-14(2)3)24-17(23-15)21-9-11-26-13-12-25-10-6-18/h4,14H,1,5-13,18H2,2-3H3,(H3,19,20,21,22,23,24). The van der Waals surface area contributed by atoms with E-state index in [0.29, 0.717) is 69.8 Å². The third kappa shape index (κ3) is 10.8. The van der Waals surface area contributed by atoms with Crippen molar-refractivity contribution in [2.24, 2.45) is 11.7 Å². The Balaban J connectivity index is 2.44. The molecule has 1 aromatic heterocycles. The quantitative estimate of drug-likeness (QED) is 0.253. The second-order valence-electron chi connectivity index (χ2n) is 6.03. The van der Waals surface area contributed by atoms with Crippen molar-refractivity contribution in [1.82, 2.24) is 15.0 Å². The lowest BCUT2D eigenvalue weighted by Gasteiger charge is -2.11. The van der Waals surface area contributed by atoms with Crippen LogP contribution in [0.2, 0.25) is 0 Å². The van der Waals surface area contributed by atoms with Crippen LogP contribution in [0, 0.1) is 5.92 Å². The van der Waals surface area contributed by atoms with Gasteiger partial charge in [-0.15, -0.1) is 6.58 Å². The number of aromatic nitrogens is 3. The van der Waals surface area contributed by atoms with Crippen LogP contribution in [0.5, 0.6) is 0 Å². The smallest absolute Gasteiger partial charge is 0.229 e. The van der Waals surface area contributed by atoms with E-state index in [0.717, 1.165) is 13.0 Å². The average Bonchev–Trinajstić information content (AvgIpc) is 2.62. The highest BCUT2D eigenvalue weighted by Gasteiger charge is 2.06. The highest BCUT2D eigenvalue weighted by atomic mass is 16.5. The molecular weight excluding hydrogens is 334 g/mol. The van der Waals surface area contributed by atoms with Crippen molar-refractivity contribution >= 4 is 17.8 Å². The van der Waals surface area contributed by atoms with Gasteiger partial charge in [0, 0.05) is 26.2 Å². The van der Waals surface area contributed by atoms with Crippen molar-refractivity contribution in [2.75, 3.05) is 68.6 Å². The zero-order chi connectivity index (χ0) is 19.0. The molecular formula is C17H33N7O2. The molecule has 1 rings (SSSR count). The van der Waals surface area contributed by atoms with Crippen LogP contribution in [0.4, 0.5) is 17.8 Å².